The van der Waals surface area contributed by atoms with Crippen LogP contribution in [0.3, 0.4) is 0 Å². The van der Waals surface area contributed by atoms with Crippen LogP contribution in [0.2, 0.25) is 0 Å². The Bertz CT molecular complexity index is 140. The van der Waals surface area contributed by atoms with Crippen molar-refractivity contribution in [2.24, 2.45) is 0 Å². The number of carbonyl (C=O) groups excluding carboxylic acids is 1. The molecule has 0 amide bonds. The third-order valence-corrected chi connectivity index (χ3v) is 1.26. The van der Waals surface area contributed by atoms with Gasteiger partial charge in [-0.25, -0.2) is 0 Å². The zero-order valence-corrected chi connectivity index (χ0v) is 5.14. The van der Waals surface area contributed by atoms with Crippen molar-refractivity contribution in [1.29, 1.82) is 0 Å². The molecule has 1 aliphatic heterocycles. The number of ether oxygens (including phenoxy) is 1. The van der Waals surface area contributed by atoms with Crippen LogP contribution in [0.25, 0.3) is 0 Å². The second-order valence-corrected chi connectivity index (χ2v) is 1.98. The third-order valence-electron chi connectivity index (χ3n) is 1.26. The molecule has 0 aliphatic carbocycles. The molecule has 0 saturated carbocycles. The Morgan fingerprint density at radius 2 is 2.40 bits per heavy atom. The van der Waals surface area contributed by atoms with E-state index in [-0.39, 0.29) is 12.9 Å². The number of alkyl halides is 2. The number of aldehydes is 1. The van der Waals surface area contributed by atoms with Crippen molar-refractivity contribution in [2.45, 2.75) is 12.2 Å². The normalized spacial score (nSPS) is 31.6. The van der Waals surface area contributed by atoms with Crippen molar-refractivity contribution in [3.8, 4) is 0 Å². The molecule has 0 spiro atoms. The van der Waals surface area contributed by atoms with Crippen LogP contribution in [-0.4, -0.2) is 31.6 Å². The lowest BCUT2D eigenvalue weighted by Crippen LogP contribution is -2.53. The Labute approximate surface area is 56.3 Å². The highest BCUT2D eigenvalue weighted by molar-refractivity contribution is 5.59. The molecule has 1 rings (SSSR count). The summed E-state index contributed by atoms with van der Waals surface area (Å²) in [7, 11) is 0. The highest BCUT2D eigenvalue weighted by atomic mass is 19.3. The summed E-state index contributed by atoms with van der Waals surface area (Å²) in [6, 6.07) is -1.48. The molecule has 58 valence electrons. The van der Waals surface area contributed by atoms with Crippen LogP contribution < -0.4 is 5.32 Å². The van der Waals surface area contributed by atoms with Crippen LogP contribution in [0, 0.1) is 0 Å². The van der Waals surface area contributed by atoms with Crippen LogP contribution >= 0.6 is 0 Å². The summed E-state index contributed by atoms with van der Waals surface area (Å²) in [6.07, 6.45) is -3.18. The fourth-order valence-electron chi connectivity index (χ4n) is 0.737. The van der Waals surface area contributed by atoms with Gasteiger partial charge in [-0.1, -0.05) is 0 Å². The van der Waals surface area contributed by atoms with Crippen LogP contribution in [-0.2, 0) is 9.53 Å². The van der Waals surface area contributed by atoms with E-state index in [1.54, 1.807) is 0 Å². The van der Waals surface area contributed by atoms with Crippen LogP contribution in [0.1, 0.15) is 0 Å². The van der Waals surface area contributed by atoms with Gasteiger partial charge in [-0.15, -0.1) is 0 Å². The number of halogens is 2. The van der Waals surface area contributed by atoms with Gasteiger partial charge in [0.25, 0.3) is 0 Å². The number of carbonyl (C=O) groups is 1. The van der Waals surface area contributed by atoms with E-state index < -0.39 is 12.2 Å². The molecule has 3 nitrogen and oxygen atoms in total. The van der Waals surface area contributed by atoms with Gasteiger partial charge < -0.3 is 9.53 Å². The zero-order valence-electron chi connectivity index (χ0n) is 5.14. The van der Waals surface area contributed by atoms with Crippen molar-refractivity contribution in [3.05, 3.63) is 0 Å². The van der Waals surface area contributed by atoms with E-state index in [0.717, 1.165) is 0 Å². The molecule has 5 heteroatoms. The van der Waals surface area contributed by atoms with Crippen LogP contribution in [0.4, 0.5) is 8.78 Å². The summed E-state index contributed by atoms with van der Waals surface area (Å²) in [4.78, 5) is 9.95. The van der Waals surface area contributed by atoms with Gasteiger partial charge >= 0.3 is 6.11 Å². The lowest BCUT2D eigenvalue weighted by atomic mass is 10.3. The van der Waals surface area contributed by atoms with Crippen molar-refractivity contribution in [1.82, 2.24) is 5.32 Å². The van der Waals surface area contributed by atoms with Gasteiger partial charge in [-0.3, -0.25) is 5.32 Å². The van der Waals surface area contributed by atoms with Gasteiger partial charge in [-0.05, 0) is 0 Å². The molecule has 1 fully saturated rings. The summed E-state index contributed by atoms with van der Waals surface area (Å²) in [6.45, 7) is 0.232. The zero-order chi connectivity index (χ0) is 7.61. The van der Waals surface area contributed by atoms with Crippen molar-refractivity contribution < 1.29 is 18.3 Å². The predicted molar refractivity (Wildman–Crippen MR) is 28.8 cm³/mol. The first-order valence-electron chi connectivity index (χ1n) is 2.87. The minimum atomic E-state index is -3.33. The van der Waals surface area contributed by atoms with Crippen molar-refractivity contribution in [2.75, 3.05) is 13.2 Å². The summed E-state index contributed by atoms with van der Waals surface area (Å²) < 4.78 is 28.7. The monoisotopic (exact) mass is 151 g/mol. The average Bonchev–Trinajstić information content (AvgIpc) is 1.87. The SMILES string of the molecule is O=CC1NCCOC1(F)F. The molecule has 0 radical (unpaired) electrons. The minimum absolute atomic E-state index is 0.0582. The lowest BCUT2D eigenvalue weighted by molar-refractivity contribution is -0.263. The fraction of sp³-hybridized carbons (Fsp3) is 0.800. The maximum Gasteiger partial charge on any atom is 0.377 e. The summed E-state index contributed by atoms with van der Waals surface area (Å²) in [5.41, 5.74) is 0. The average molecular weight is 151 g/mol. The Hall–Kier alpha value is -0.550. The van der Waals surface area contributed by atoms with E-state index in [4.69, 9.17) is 0 Å². The molecular formula is C5H7F2NO2. The largest absolute Gasteiger partial charge is 0.377 e. The van der Waals surface area contributed by atoms with Gasteiger partial charge in [0, 0.05) is 6.54 Å². The van der Waals surface area contributed by atoms with Gasteiger partial charge in [0.1, 0.15) is 6.29 Å². The quantitative estimate of drug-likeness (QED) is 0.526. The molecule has 10 heavy (non-hydrogen) atoms. The minimum Gasteiger partial charge on any atom is -0.318 e. The van der Waals surface area contributed by atoms with E-state index in [0.29, 0.717) is 6.54 Å². The van der Waals surface area contributed by atoms with Gasteiger partial charge in [-0.2, -0.15) is 8.78 Å². The first-order valence-corrected chi connectivity index (χ1v) is 2.87. The molecular weight excluding hydrogens is 144 g/mol. The molecule has 0 bridgehead atoms. The summed E-state index contributed by atoms with van der Waals surface area (Å²) in [5, 5.41) is 2.32. The second kappa shape index (κ2) is 2.59. The Morgan fingerprint density at radius 3 is 2.80 bits per heavy atom. The molecule has 0 aromatic rings. The summed E-state index contributed by atoms with van der Waals surface area (Å²) >= 11 is 0. The standard InChI is InChI=1S/C5H7F2NO2/c6-5(7)4(3-9)8-1-2-10-5/h3-4,8H,1-2H2. The molecule has 1 N–H and O–H groups in total. The van der Waals surface area contributed by atoms with Crippen molar-refractivity contribution >= 4 is 6.29 Å². The number of nitrogens with one attached hydrogen (secondary N) is 1. The molecule has 0 aromatic heterocycles. The number of hydrogen-bond donors (Lipinski definition) is 1. The molecule has 1 aliphatic rings. The molecule has 1 atom stereocenters. The van der Waals surface area contributed by atoms with Gasteiger partial charge in [0.05, 0.1) is 6.61 Å². The van der Waals surface area contributed by atoms with E-state index in [1.807, 2.05) is 0 Å². The molecule has 1 heterocycles. The Morgan fingerprint density at radius 1 is 1.70 bits per heavy atom. The Kier molecular flexibility index (Phi) is 1.96. The third kappa shape index (κ3) is 1.30. The highest BCUT2D eigenvalue weighted by Gasteiger charge is 2.43. The molecule has 0 aromatic carbocycles. The number of rotatable bonds is 1. The predicted octanol–water partition coefficient (Wildman–Crippen LogP) is -0.234. The van der Waals surface area contributed by atoms with E-state index in [9.17, 15) is 13.6 Å². The van der Waals surface area contributed by atoms with Crippen molar-refractivity contribution in [3.63, 3.8) is 0 Å². The molecule has 1 unspecified atom stereocenters. The smallest absolute Gasteiger partial charge is 0.318 e. The van der Waals surface area contributed by atoms with Gasteiger partial charge in [0.15, 0.2) is 6.04 Å². The van der Waals surface area contributed by atoms with Crippen LogP contribution in [0.5, 0.6) is 0 Å². The van der Waals surface area contributed by atoms with E-state index in [1.165, 1.54) is 0 Å². The maximum atomic E-state index is 12.4. The number of hydrogen-bond acceptors (Lipinski definition) is 3. The van der Waals surface area contributed by atoms with E-state index in [2.05, 4.69) is 10.1 Å². The second-order valence-electron chi connectivity index (χ2n) is 1.98. The Balaban J connectivity index is 2.59. The first kappa shape index (κ1) is 7.56. The number of morpholine rings is 1. The topological polar surface area (TPSA) is 38.3 Å². The van der Waals surface area contributed by atoms with E-state index >= 15 is 0 Å². The molecule has 1 saturated heterocycles. The first-order chi connectivity index (χ1) is 4.67. The summed E-state index contributed by atoms with van der Waals surface area (Å²) in [5.74, 6) is 0. The van der Waals surface area contributed by atoms with Crippen LogP contribution in [0.15, 0.2) is 0 Å². The highest BCUT2D eigenvalue weighted by Crippen LogP contribution is 2.21. The fourth-order valence-corrected chi connectivity index (χ4v) is 0.737. The lowest BCUT2D eigenvalue weighted by Gasteiger charge is -2.27. The van der Waals surface area contributed by atoms with Gasteiger partial charge in [0.2, 0.25) is 0 Å². The maximum absolute atomic E-state index is 12.4.